The molecule has 2 aromatic carbocycles. The first-order valence-corrected chi connectivity index (χ1v) is 13.1. The van der Waals surface area contributed by atoms with E-state index >= 15 is 0 Å². The van der Waals surface area contributed by atoms with Crippen molar-refractivity contribution in [3.05, 3.63) is 71.3 Å². The van der Waals surface area contributed by atoms with E-state index in [1.165, 1.54) is 5.56 Å². The average Bonchev–Trinajstić information content (AvgIpc) is 2.86. The third-order valence-electron chi connectivity index (χ3n) is 6.15. The summed E-state index contributed by atoms with van der Waals surface area (Å²) in [6.45, 7) is 9.01. The van der Waals surface area contributed by atoms with Crippen LogP contribution in [-0.2, 0) is 17.9 Å². The summed E-state index contributed by atoms with van der Waals surface area (Å²) in [6.07, 6.45) is 2.60. The molecule has 2 amide bonds. The Morgan fingerprint density at radius 3 is 2.24 bits per heavy atom. The Labute approximate surface area is 202 Å². The van der Waals surface area contributed by atoms with Gasteiger partial charge >= 0.3 is 0 Å². The molecule has 0 radical (unpaired) electrons. The minimum Gasteiger partial charge on any atom is -0.350 e. The van der Waals surface area contributed by atoms with Gasteiger partial charge in [-0.25, -0.2) is 0 Å². The Hall–Kier alpha value is -2.35. The predicted octanol–water partition coefficient (Wildman–Crippen LogP) is 2.99. The van der Waals surface area contributed by atoms with Gasteiger partial charge in [0.05, 0.1) is 0 Å². The summed E-state index contributed by atoms with van der Waals surface area (Å²) in [5, 5.41) is 5.99. The molecule has 1 aliphatic rings. The van der Waals surface area contributed by atoms with Crippen LogP contribution in [0.15, 0.2) is 54.6 Å². The number of rotatable bonds is 11. The van der Waals surface area contributed by atoms with Gasteiger partial charge in [-0.2, -0.15) is 11.8 Å². The lowest BCUT2D eigenvalue weighted by Gasteiger charge is -2.34. The van der Waals surface area contributed by atoms with Crippen molar-refractivity contribution in [2.75, 3.05) is 44.7 Å². The largest absolute Gasteiger partial charge is 0.350 e. The van der Waals surface area contributed by atoms with Crippen LogP contribution in [0.5, 0.6) is 0 Å². The molecule has 0 bridgehead atoms. The minimum atomic E-state index is -0.556. The van der Waals surface area contributed by atoms with Crippen molar-refractivity contribution < 1.29 is 9.59 Å². The number of carbonyl (C=O) groups is 2. The molecular formula is C26H36N4O2S. The van der Waals surface area contributed by atoms with Gasteiger partial charge in [0, 0.05) is 44.8 Å². The predicted molar refractivity (Wildman–Crippen MR) is 136 cm³/mol. The lowest BCUT2D eigenvalue weighted by atomic mass is 10.1. The van der Waals surface area contributed by atoms with Crippen LogP contribution in [0.3, 0.4) is 0 Å². The number of carbonyl (C=O) groups excluding carboxylic acids is 2. The number of amides is 2. The molecule has 1 aliphatic heterocycles. The zero-order valence-electron chi connectivity index (χ0n) is 19.8. The fourth-order valence-electron chi connectivity index (χ4n) is 4.03. The summed E-state index contributed by atoms with van der Waals surface area (Å²) in [7, 11) is 0. The van der Waals surface area contributed by atoms with E-state index in [1.54, 1.807) is 23.9 Å². The van der Waals surface area contributed by atoms with Crippen LogP contribution < -0.4 is 10.6 Å². The fraction of sp³-hybridized carbons (Fsp3) is 0.462. The third-order valence-corrected chi connectivity index (χ3v) is 6.79. The van der Waals surface area contributed by atoms with E-state index in [1.807, 2.05) is 30.5 Å². The second kappa shape index (κ2) is 13.4. The molecule has 3 rings (SSSR count). The van der Waals surface area contributed by atoms with Gasteiger partial charge in [-0.3, -0.25) is 14.5 Å². The van der Waals surface area contributed by atoms with Gasteiger partial charge in [-0.15, -0.1) is 0 Å². The maximum absolute atomic E-state index is 13.0. The topological polar surface area (TPSA) is 64.7 Å². The number of hydrogen-bond donors (Lipinski definition) is 2. The molecular weight excluding hydrogens is 432 g/mol. The van der Waals surface area contributed by atoms with Crippen molar-refractivity contribution in [3.8, 4) is 0 Å². The first-order valence-electron chi connectivity index (χ1n) is 11.7. The Bertz CT molecular complexity index is 885. The van der Waals surface area contributed by atoms with Gasteiger partial charge in [0.25, 0.3) is 5.91 Å². The van der Waals surface area contributed by atoms with Gasteiger partial charge in [0.1, 0.15) is 6.04 Å². The lowest BCUT2D eigenvalue weighted by Crippen LogP contribution is -2.47. The van der Waals surface area contributed by atoms with Crippen LogP contribution >= 0.6 is 11.8 Å². The average molecular weight is 469 g/mol. The van der Waals surface area contributed by atoms with Gasteiger partial charge in [0.15, 0.2) is 0 Å². The fourth-order valence-corrected chi connectivity index (χ4v) is 4.50. The summed E-state index contributed by atoms with van der Waals surface area (Å²) in [4.78, 5) is 30.6. The molecule has 2 N–H and O–H groups in total. The maximum atomic E-state index is 13.0. The molecule has 0 aromatic heterocycles. The van der Waals surface area contributed by atoms with Crippen molar-refractivity contribution in [2.45, 2.75) is 32.5 Å². The number of benzene rings is 2. The summed E-state index contributed by atoms with van der Waals surface area (Å²) < 4.78 is 0. The van der Waals surface area contributed by atoms with Gasteiger partial charge in [-0.05, 0) is 48.2 Å². The first kappa shape index (κ1) is 25.3. The highest BCUT2D eigenvalue weighted by molar-refractivity contribution is 7.98. The number of nitrogens with one attached hydrogen (secondary N) is 2. The van der Waals surface area contributed by atoms with Crippen molar-refractivity contribution in [1.82, 2.24) is 20.4 Å². The highest BCUT2D eigenvalue weighted by Crippen LogP contribution is 2.14. The molecule has 0 saturated carbocycles. The Morgan fingerprint density at radius 1 is 0.939 bits per heavy atom. The van der Waals surface area contributed by atoms with E-state index in [9.17, 15) is 9.59 Å². The van der Waals surface area contributed by atoms with Crippen LogP contribution in [0.25, 0.3) is 0 Å². The maximum Gasteiger partial charge on any atom is 0.251 e. The van der Waals surface area contributed by atoms with Crippen LogP contribution in [0.4, 0.5) is 0 Å². The normalized spacial score (nSPS) is 15.7. The van der Waals surface area contributed by atoms with Crippen LogP contribution in [-0.4, -0.2) is 72.4 Å². The van der Waals surface area contributed by atoms with Gasteiger partial charge in [0.2, 0.25) is 5.91 Å². The summed E-state index contributed by atoms with van der Waals surface area (Å²) in [5.74, 6) is 0.441. The Morgan fingerprint density at radius 2 is 1.58 bits per heavy atom. The van der Waals surface area contributed by atoms with E-state index in [-0.39, 0.29) is 11.8 Å². The standard InChI is InChI=1S/C26H36N4O2S/c1-3-29-14-16-30(17-15-29)20-23-12-8-7-11-22(23)19-27-26(32)24(13-18-33-2)28-25(31)21-9-5-4-6-10-21/h4-12,24H,3,13-20H2,1-2H3,(H,27,32)(H,28,31)/t24-/m0/s1. The summed E-state index contributed by atoms with van der Waals surface area (Å²) >= 11 is 1.67. The van der Waals surface area contributed by atoms with Gasteiger partial charge in [-0.1, -0.05) is 49.4 Å². The first-order chi connectivity index (χ1) is 16.1. The number of thioether (sulfide) groups is 1. The molecule has 33 heavy (non-hydrogen) atoms. The van der Waals surface area contributed by atoms with Crippen molar-refractivity contribution in [2.24, 2.45) is 0 Å². The molecule has 7 heteroatoms. The number of likely N-dealkylation sites (N-methyl/N-ethyl adjacent to an activating group) is 1. The van der Waals surface area contributed by atoms with E-state index in [4.69, 9.17) is 0 Å². The highest BCUT2D eigenvalue weighted by atomic mass is 32.2. The summed E-state index contributed by atoms with van der Waals surface area (Å²) in [6, 6.07) is 16.8. The van der Waals surface area contributed by atoms with Gasteiger partial charge < -0.3 is 15.5 Å². The second-order valence-corrected chi connectivity index (χ2v) is 9.36. The van der Waals surface area contributed by atoms with Crippen molar-refractivity contribution in [3.63, 3.8) is 0 Å². The molecule has 1 atom stereocenters. The molecule has 0 aliphatic carbocycles. The second-order valence-electron chi connectivity index (χ2n) is 8.37. The molecule has 0 spiro atoms. The van der Waals surface area contributed by atoms with Crippen molar-refractivity contribution in [1.29, 1.82) is 0 Å². The van der Waals surface area contributed by atoms with Crippen molar-refractivity contribution >= 4 is 23.6 Å². The molecule has 178 valence electrons. The quantitative estimate of drug-likeness (QED) is 0.531. The van der Waals surface area contributed by atoms with Crippen LogP contribution in [0.1, 0.15) is 34.8 Å². The molecule has 0 unspecified atom stereocenters. The molecule has 1 heterocycles. The minimum absolute atomic E-state index is 0.139. The van der Waals surface area contributed by atoms with E-state index < -0.39 is 6.04 Å². The van der Waals surface area contributed by atoms with E-state index in [0.717, 1.165) is 50.6 Å². The number of hydrogen-bond acceptors (Lipinski definition) is 5. The van der Waals surface area contributed by atoms with Crippen LogP contribution in [0, 0.1) is 0 Å². The van der Waals surface area contributed by atoms with E-state index in [2.05, 4.69) is 45.6 Å². The smallest absolute Gasteiger partial charge is 0.251 e. The lowest BCUT2D eigenvalue weighted by molar-refractivity contribution is -0.123. The SMILES string of the molecule is CCN1CCN(Cc2ccccc2CNC(=O)[C@H](CCSC)NC(=O)c2ccccc2)CC1. The zero-order chi connectivity index (χ0) is 23.5. The molecule has 1 fully saturated rings. The molecule has 6 nitrogen and oxygen atoms in total. The van der Waals surface area contributed by atoms with E-state index in [0.29, 0.717) is 18.5 Å². The number of nitrogens with zero attached hydrogens (tertiary/aromatic N) is 2. The Balaban J connectivity index is 1.58. The molecule has 2 aromatic rings. The van der Waals surface area contributed by atoms with Crippen LogP contribution in [0.2, 0.25) is 0 Å². The highest BCUT2D eigenvalue weighted by Gasteiger charge is 2.22. The zero-order valence-corrected chi connectivity index (χ0v) is 20.6. The number of piperazine rings is 1. The Kier molecular flexibility index (Phi) is 10.2. The third kappa shape index (κ3) is 7.88. The summed E-state index contributed by atoms with van der Waals surface area (Å²) in [5.41, 5.74) is 2.94. The molecule has 1 saturated heterocycles. The monoisotopic (exact) mass is 468 g/mol.